The third-order valence-electron chi connectivity index (χ3n) is 2.11. The molecule has 0 aliphatic rings. The Morgan fingerprint density at radius 3 is 2.93 bits per heavy atom. The first-order valence-corrected chi connectivity index (χ1v) is 4.98. The number of benzene rings is 1. The lowest BCUT2D eigenvalue weighted by Gasteiger charge is -2.15. The summed E-state index contributed by atoms with van der Waals surface area (Å²) in [6.45, 7) is 3.68. The monoisotopic (exact) mass is 210 g/mol. The molecule has 1 rings (SSSR count). The van der Waals surface area contributed by atoms with Crippen LogP contribution in [0.1, 0.15) is 24.4 Å². The third kappa shape index (κ3) is 3.14. The number of rotatable bonds is 5. The minimum Gasteiger partial charge on any atom is -0.271 e. The van der Waals surface area contributed by atoms with E-state index in [1.807, 2.05) is 30.3 Å². The average molecular weight is 211 g/mol. The van der Waals surface area contributed by atoms with Crippen LogP contribution in [0, 0.1) is 0 Å². The molecule has 0 saturated heterocycles. The van der Waals surface area contributed by atoms with Crippen molar-refractivity contribution in [3.63, 3.8) is 0 Å². The lowest BCUT2D eigenvalue weighted by molar-refractivity contribution is 0.521. The highest BCUT2D eigenvalue weighted by molar-refractivity contribution is 6.30. The highest BCUT2D eigenvalue weighted by Gasteiger charge is 2.08. The van der Waals surface area contributed by atoms with E-state index in [-0.39, 0.29) is 6.04 Å². The van der Waals surface area contributed by atoms with E-state index in [9.17, 15) is 0 Å². The van der Waals surface area contributed by atoms with Crippen LogP contribution in [0.2, 0.25) is 5.02 Å². The molecule has 0 saturated carbocycles. The van der Waals surface area contributed by atoms with Crippen molar-refractivity contribution in [1.82, 2.24) is 5.43 Å². The van der Waals surface area contributed by atoms with Gasteiger partial charge >= 0.3 is 0 Å². The van der Waals surface area contributed by atoms with Crippen LogP contribution in [0.4, 0.5) is 0 Å². The van der Waals surface area contributed by atoms with Gasteiger partial charge in [-0.15, -0.1) is 6.58 Å². The van der Waals surface area contributed by atoms with E-state index in [2.05, 4.69) is 12.0 Å². The van der Waals surface area contributed by atoms with Crippen molar-refractivity contribution in [3.05, 3.63) is 47.5 Å². The number of hydrazine groups is 1. The lowest BCUT2D eigenvalue weighted by atomic mass is 10.0. The molecular weight excluding hydrogens is 196 g/mol. The Kier molecular flexibility index (Phi) is 4.66. The second-order valence-corrected chi connectivity index (χ2v) is 3.58. The zero-order chi connectivity index (χ0) is 10.4. The molecule has 0 aliphatic carbocycles. The zero-order valence-corrected chi connectivity index (χ0v) is 8.80. The van der Waals surface area contributed by atoms with Gasteiger partial charge in [0, 0.05) is 11.1 Å². The van der Waals surface area contributed by atoms with Crippen LogP contribution in [0.3, 0.4) is 0 Å². The van der Waals surface area contributed by atoms with Gasteiger partial charge in [0.25, 0.3) is 0 Å². The van der Waals surface area contributed by atoms with Crippen molar-refractivity contribution < 1.29 is 0 Å². The zero-order valence-electron chi connectivity index (χ0n) is 8.04. The molecule has 3 N–H and O–H groups in total. The van der Waals surface area contributed by atoms with Crippen LogP contribution >= 0.6 is 11.6 Å². The Morgan fingerprint density at radius 2 is 2.36 bits per heavy atom. The molecule has 0 heterocycles. The SMILES string of the molecule is C=CCCC(NN)c1cccc(Cl)c1. The van der Waals surface area contributed by atoms with E-state index in [0.29, 0.717) is 0 Å². The highest BCUT2D eigenvalue weighted by atomic mass is 35.5. The minimum absolute atomic E-state index is 0.145. The maximum atomic E-state index is 5.89. The van der Waals surface area contributed by atoms with Gasteiger partial charge in [0.1, 0.15) is 0 Å². The van der Waals surface area contributed by atoms with E-state index in [1.165, 1.54) is 0 Å². The highest BCUT2D eigenvalue weighted by Crippen LogP contribution is 2.20. The van der Waals surface area contributed by atoms with E-state index >= 15 is 0 Å². The van der Waals surface area contributed by atoms with Crippen molar-refractivity contribution in [2.75, 3.05) is 0 Å². The molecule has 1 atom stereocenters. The largest absolute Gasteiger partial charge is 0.271 e. The lowest BCUT2D eigenvalue weighted by Crippen LogP contribution is -2.27. The van der Waals surface area contributed by atoms with Crippen molar-refractivity contribution in [3.8, 4) is 0 Å². The first-order valence-electron chi connectivity index (χ1n) is 4.60. The summed E-state index contributed by atoms with van der Waals surface area (Å²) in [6, 6.07) is 7.86. The maximum absolute atomic E-state index is 5.89. The Balaban J connectivity index is 2.72. The normalized spacial score (nSPS) is 12.4. The smallest absolute Gasteiger partial charge is 0.0463 e. The first-order chi connectivity index (χ1) is 6.77. The van der Waals surface area contributed by atoms with Gasteiger partial charge in [0.2, 0.25) is 0 Å². The van der Waals surface area contributed by atoms with Crippen molar-refractivity contribution >= 4 is 11.6 Å². The van der Waals surface area contributed by atoms with E-state index < -0.39 is 0 Å². The van der Waals surface area contributed by atoms with Gasteiger partial charge in [-0.05, 0) is 30.5 Å². The van der Waals surface area contributed by atoms with Crippen molar-refractivity contribution in [1.29, 1.82) is 0 Å². The fourth-order valence-corrected chi connectivity index (χ4v) is 1.55. The van der Waals surface area contributed by atoms with Gasteiger partial charge in [-0.2, -0.15) is 0 Å². The molecule has 2 nitrogen and oxygen atoms in total. The molecule has 0 radical (unpaired) electrons. The number of halogens is 1. The maximum Gasteiger partial charge on any atom is 0.0463 e. The first kappa shape index (κ1) is 11.2. The summed E-state index contributed by atoms with van der Waals surface area (Å²) >= 11 is 5.89. The summed E-state index contributed by atoms with van der Waals surface area (Å²) < 4.78 is 0. The average Bonchev–Trinajstić information content (AvgIpc) is 2.19. The van der Waals surface area contributed by atoms with Gasteiger partial charge < -0.3 is 0 Å². The predicted molar refractivity (Wildman–Crippen MR) is 60.9 cm³/mol. The molecule has 0 aliphatic heterocycles. The third-order valence-corrected chi connectivity index (χ3v) is 2.35. The molecular formula is C11H15ClN2. The molecule has 3 heteroatoms. The predicted octanol–water partition coefficient (Wildman–Crippen LogP) is 2.81. The Morgan fingerprint density at radius 1 is 1.57 bits per heavy atom. The van der Waals surface area contributed by atoms with Gasteiger partial charge in [-0.3, -0.25) is 11.3 Å². The topological polar surface area (TPSA) is 38.0 Å². The molecule has 0 bridgehead atoms. The van der Waals surface area contributed by atoms with Crippen molar-refractivity contribution in [2.24, 2.45) is 5.84 Å². The fourth-order valence-electron chi connectivity index (χ4n) is 1.35. The number of allylic oxidation sites excluding steroid dienone is 1. The van der Waals surface area contributed by atoms with Gasteiger partial charge in [0.05, 0.1) is 0 Å². The molecule has 1 aromatic rings. The minimum atomic E-state index is 0.145. The van der Waals surface area contributed by atoms with Gasteiger partial charge in [0.15, 0.2) is 0 Å². The second kappa shape index (κ2) is 5.81. The molecule has 76 valence electrons. The number of nitrogens with one attached hydrogen (secondary N) is 1. The molecule has 0 spiro atoms. The Bertz CT molecular complexity index is 299. The summed E-state index contributed by atoms with van der Waals surface area (Å²) in [4.78, 5) is 0. The molecule has 14 heavy (non-hydrogen) atoms. The number of nitrogens with two attached hydrogens (primary N) is 1. The number of hydrogen-bond acceptors (Lipinski definition) is 2. The van der Waals surface area contributed by atoms with Crippen LogP contribution in [-0.2, 0) is 0 Å². The summed E-state index contributed by atoms with van der Waals surface area (Å²) in [6.07, 6.45) is 3.75. The van der Waals surface area contributed by atoms with Gasteiger partial charge in [-0.1, -0.05) is 29.8 Å². The molecule has 0 aromatic heterocycles. The molecule has 1 aromatic carbocycles. The van der Waals surface area contributed by atoms with E-state index in [4.69, 9.17) is 17.4 Å². The van der Waals surface area contributed by atoms with Crippen molar-refractivity contribution in [2.45, 2.75) is 18.9 Å². The van der Waals surface area contributed by atoms with Gasteiger partial charge in [-0.25, -0.2) is 0 Å². The molecule has 0 fully saturated rings. The Labute approximate surface area is 89.7 Å². The summed E-state index contributed by atoms with van der Waals surface area (Å²) in [5.74, 6) is 5.47. The fraction of sp³-hybridized carbons (Fsp3) is 0.273. The summed E-state index contributed by atoms with van der Waals surface area (Å²) in [5, 5.41) is 0.737. The number of hydrogen-bond donors (Lipinski definition) is 2. The van der Waals surface area contributed by atoms with Crippen LogP contribution < -0.4 is 11.3 Å². The molecule has 1 unspecified atom stereocenters. The quantitative estimate of drug-likeness (QED) is 0.446. The van der Waals surface area contributed by atoms with Crippen LogP contribution in [-0.4, -0.2) is 0 Å². The van der Waals surface area contributed by atoms with Crippen LogP contribution in [0.5, 0.6) is 0 Å². The molecule has 0 amide bonds. The van der Waals surface area contributed by atoms with Crippen LogP contribution in [0.25, 0.3) is 0 Å². The van der Waals surface area contributed by atoms with E-state index in [0.717, 1.165) is 23.4 Å². The second-order valence-electron chi connectivity index (χ2n) is 3.14. The standard InChI is InChI=1S/C11H15ClN2/c1-2-3-7-11(14-13)9-5-4-6-10(12)8-9/h2,4-6,8,11,14H,1,3,7,13H2. The van der Waals surface area contributed by atoms with Crippen LogP contribution in [0.15, 0.2) is 36.9 Å². The summed E-state index contributed by atoms with van der Waals surface area (Å²) in [5.41, 5.74) is 3.89. The summed E-state index contributed by atoms with van der Waals surface area (Å²) in [7, 11) is 0. The van der Waals surface area contributed by atoms with E-state index in [1.54, 1.807) is 0 Å². The Hall–Kier alpha value is -0.830.